The molecule has 0 radical (unpaired) electrons. The van der Waals surface area contributed by atoms with Crippen LogP contribution in [0.2, 0.25) is 5.02 Å². The van der Waals surface area contributed by atoms with Gasteiger partial charge in [-0.25, -0.2) is 36.3 Å². The molecule has 0 aliphatic carbocycles. The molecule has 1 aromatic carbocycles. The van der Waals surface area contributed by atoms with Crippen molar-refractivity contribution in [3.63, 3.8) is 0 Å². The van der Waals surface area contributed by atoms with Crippen LogP contribution in [-0.2, 0) is 16.6 Å². The Hall–Kier alpha value is -1.71. The van der Waals surface area contributed by atoms with Crippen LogP contribution in [0.25, 0.3) is 0 Å². The van der Waals surface area contributed by atoms with Crippen LogP contribution in [0.3, 0.4) is 0 Å². The maximum absolute atomic E-state index is 13.2. The van der Waals surface area contributed by atoms with Crippen LogP contribution in [0.5, 0.6) is 0 Å². The van der Waals surface area contributed by atoms with E-state index in [0.717, 1.165) is 30.6 Å². The second kappa shape index (κ2) is 6.59. The van der Waals surface area contributed by atoms with E-state index < -0.39 is 22.3 Å². The van der Waals surface area contributed by atoms with Crippen LogP contribution < -0.4 is 4.72 Å². The lowest BCUT2D eigenvalue weighted by molar-refractivity contribution is 0.150. The SMILES string of the molecule is O=S(=O)(NCc1ncc(C(F)F)cn1)c1cc(F)cc(Cl)c1. The molecule has 1 heterocycles. The van der Waals surface area contributed by atoms with Gasteiger partial charge in [-0.2, -0.15) is 0 Å². The van der Waals surface area contributed by atoms with Gasteiger partial charge in [-0.05, 0) is 18.2 Å². The molecule has 1 aromatic heterocycles. The summed E-state index contributed by atoms with van der Waals surface area (Å²) in [5.74, 6) is -0.805. The molecule has 0 aliphatic rings. The van der Waals surface area contributed by atoms with Crippen molar-refractivity contribution in [2.45, 2.75) is 17.9 Å². The predicted octanol–water partition coefficient (Wildman–Crippen LogP) is 2.69. The molecule has 2 rings (SSSR count). The van der Waals surface area contributed by atoms with E-state index in [1.807, 2.05) is 0 Å². The van der Waals surface area contributed by atoms with Gasteiger partial charge in [0, 0.05) is 17.4 Å². The molecule has 0 atom stereocenters. The zero-order valence-electron chi connectivity index (χ0n) is 10.8. The average Bonchev–Trinajstić information content (AvgIpc) is 2.44. The maximum Gasteiger partial charge on any atom is 0.266 e. The average molecular weight is 352 g/mol. The zero-order valence-corrected chi connectivity index (χ0v) is 12.4. The molecule has 22 heavy (non-hydrogen) atoms. The maximum atomic E-state index is 13.2. The van der Waals surface area contributed by atoms with Crippen molar-refractivity contribution >= 4 is 21.6 Å². The number of halogens is 4. The van der Waals surface area contributed by atoms with E-state index in [0.29, 0.717) is 0 Å². The van der Waals surface area contributed by atoms with Gasteiger partial charge in [0.25, 0.3) is 6.43 Å². The fourth-order valence-corrected chi connectivity index (χ4v) is 2.82. The van der Waals surface area contributed by atoms with E-state index in [2.05, 4.69) is 14.7 Å². The standard InChI is InChI=1S/C12H9ClF3N3O2S/c13-8-1-9(14)3-10(2-8)22(20,21)19-6-11-17-4-7(5-18-11)12(15)16/h1-5,12,19H,6H2. The molecule has 0 bridgehead atoms. The lowest BCUT2D eigenvalue weighted by Gasteiger charge is -2.07. The van der Waals surface area contributed by atoms with Crippen molar-refractivity contribution < 1.29 is 21.6 Å². The summed E-state index contributed by atoms with van der Waals surface area (Å²) < 4.78 is 63.9. The summed E-state index contributed by atoms with van der Waals surface area (Å²) in [6.07, 6.45) is -0.902. The Morgan fingerprint density at radius 1 is 1.18 bits per heavy atom. The normalized spacial score (nSPS) is 11.9. The Morgan fingerprint density at radius 2 is 1.82 bits per heavy atom. The highest BCUT2D eigenvalue weighted by atomic mass is 35.5. The van der Waals surface area contributed by atoms with Gasteiger partial charge in [0.05, 0.1) is 17.0 Å². The number of nitrogens with one attached hydrogen (secondary N) is 1. The Morgan fingerprint density at radius 3 is 2.36 bits per heavy atom. The van der Waals surface area contributed by atoms with E-state index in [1.165, 1.54) is 0 Å². The van der Waals surface area contributed by atoms with E-state index >= 15 is 0 Å². The molecular formula is C12H9ClF3N3O2S. The molecule has 118 valence electrons. The molecule has 0 unspecified atom stereocenters. The molecule has 0 saturated carbocycles. The van der Waals surface area contributed by atoms with Crippen molar-refractivity contribution in [3.05, 3.63) is 52.8 Å². The van der Waals surface area contributed by atoms with Crippen LogP contribution in [-0.4, -0.2) is 18.4 Å². The molecular weight excluding hydrogens is 343 g/mol. The number of rotatable bonds is 5. The fourth-order valence-electron chi connectivity index (χ4n) is 1.50. The minimum atomic E-state index is -4.03. The van der Waals surface area contributed by atoms with Gasteiger partial charge >= 0.3 is 0 Å². The highest BCUT2D eigenvalue weighted by Crippen LogP contribution is 2.18. The van der Waals surface area contributed by atoms with E-state index in [9.17, 15) is 21.6 Å². The van der Waals surface area contributed by atoms with E-state index in [1.54, 1.807) is 0 Å². The van der Waals surface area contributed by atoms with Crippen LogP contribution in [0, 0.1) is 5.82 Å². The molecule has 1 N–H and O–H groups in total. The number of benzene rings is 1. The zero-order chi connectivity index (χ0) is 16.3. The number of nitrogens with zero attached hydrogens (tertiary/aromatic N) is 2. The molecule has 10 heteroatoms. The summed E-state index contributed by atoms with van der Waals surface area (Å²) in [4.78, 5) is 6.87. The lowest BCUT2D eigenvalue weighted by atomic mass is 10.3. The molecule has 2 aromatic rings. The summed E-state index contributed by atoms with van der Waals surface area (Å²) in [6.45, 7) is -0.333. The van der Waals surface area contributed by atoms with Crippen molar-refractivity contribution in [3.8, 4) is 0 Å². The molecule has 0 fully saturated rings. The predicted molar refractivity (Wildman–Crippen MR) is 72.4 cm³/mol. The Balaban J connectivity index is 2.12. The second-order valence-corrected chi connectivity index (χ2v) is 6.37. The third-order valence-corrected chi connectivity index (χ3v) is 4.14. The van der Waals surface area contributed by atoms with Crippen LogP contribution >= 0.6 is 11.6 Å². The van der Waals surface area contributed by atoms with Gasteiger partial charge in [0.15, 0.2) is 0 Å². The van der Waals surface area contributed by atoms with Gasteiger partial charge in [0.2, 0.25) is 10.0 Å². The highest BCUT2D eigenvalue weighted by molar-refractivity contribution is 7.89. The molecule has 0 saturated heterocycles. The summed E-state index contributed by atoms with van der Waals surface area (Å²) >= 11 is 5.59. The first-order valence-electron chi connectivity index (χ1n) is 5.82. The minimum Gasteiger partial charge on any atom is -0.239 e. The Kier molecular flexibility index (Phi) is 4.99. The Labute approximate surface area is 129 Å². The summed E-state index contributed by atoms with van der Waals surface area (Å²) in [5.41, 5.74) is -0.372. The summed E-state index contributed by atoms with van der Waals surface area (Å²) in [7, 11) is -4.03. The number of aromatic nitrogens is 2. The van der Waals surface area contributed by atoms with E-state index in [-0.39, 0.29) is 27.9 Å². The first-order chi connectivity index (χ1) is 10.3. The third-order valence-electron chi connectivity index (χ3n) is 2.54. The van der Waals surface area contributed by atoms with Crippen molar-refractivity contribution in [2.24, 2.45) is 0 Å². The van der Waals surface area contributed by atoms with Crippen molar-refractivity contribution in [1.82, 2.24) is 14.7 Å². The number of hydrogen-bond donors (Lipinski definition) is 1. The quantitative estimate of drug-likeness (QED) is 0.899. The second-order valence-electron chi connectivity index (χ2n) is 4.16. The van der Waals surface area contributed by atoms with Crippen LogP contribution in [0.15, 0.2) is 35.5 Å². The first-order valence-corrected chi connectivity index (χ1v) is 7.69. The van der Waals surface area contributed by atoms with Gasteiger partial charge in [-0.15, -0.1) is 0 Å². The number of sulfonamides is 1. The topological polar surface area (TPSA) is 72.0 Å². The largest absolute Gasteiger partial charge is 0.266 e. The summed E-state index contributed by atoms with van der Waals surface area (Å²) in [6, 6.07) is 2.84. The van der Waals surface area contributed by atoms with E-state index in [4.69, 9.17) is 11.6 Å². The number of alkyl halides is 2. The number of hydrogen-bond acceptors (Lipinski definition) is 4. The summed E-state index contributed by atoms with van der Waals surface area (Å²) in [5, 5.41) is -0.0714. The molecule has 0 aliphatic heterocycles. The minimum absolute atomic E-state index is 0.00419. The fraction of sp³-hybridized carbons (Fsp3) is 0.167. The lowest BCUT2D eigenvalue weighted by Crippen LogP contribution is -2.24. The molecule has 0 spiro atoms. The molecule has 0 amide bonds. The van der Waals surface area contributed by atoms with Gasteiger partial charge in [-0.1, -0.05) is 11.6 Å². The van der Waals surface area contributed by atoms with Crippen molar-refractivity contribution in [1.29, 1.82) is 0 Å². The van der Waals surface area contributed by atoms with Crippen LogP contribution in [0.4, 0.5) is 13.2 Å². The van der Waals surface area contributed by atoms with Gasteiger partial charge in [-0.3, -0.25) is 0 Å². The third kappa shape index (κ3) is 4.15. The molecule has 5 nitrogen and oxygen atoms in total. The van der Waals surface area contributed by atoms with Gasteiger partial charge < -0.3 is 0 Å². The van der Waals surface area contributed by atoms with Crippen molar-refractivity contribution in [2.75, 3.05) is 0 Å². The monoisotopic (exact) mass is 351 g/mol. The van der Waals surface area contributed by atoms with Crippen LogP contribution in [0.1, 0.15) is 17.8 Å². The smallest absolute Gasteiger partial charge is 0.239 e. The highest BCUT2D eigenvalue weighted by Gasteiger charge is 2.16. The van der Waals surface area contributed by atoms with Gasteiger partial charge in [0.1, 0.15) is 11.6 Å². The Bertz CT molecular complexity index is 749. The first kappa shape index (κ1) is 16.7.